The van der Waals surface area contributed by atoms with E-state index in [-0.39, 0.29) is 29.0 Å². The molecule has 9 nitrogen and oxygen atoms in total. The Labute approximate surface area is 205 Å². The van der Waals surface area contributed by atoms with Crippen LogP contribution in [0.2, 0.25) is 0 Å². The Morgan fingerprint density at radius 1 is 1.08 bits per heavy atom. The minimum Gasteiger partial charge on any atom is -0.358 e. The summed E-state index contributed by atoms with van der Waals surface area (Å²) in [5.41, 5.74) is 3.20. The number of hydrogen-bond donors (Lipinski definition) is 2. The van der Waals surface area contributed by atoms with Gasteiger partial charge < -0.3 is 14.8 Å². The summed E-state index contributed by atoms with van der Waals surface area (Å²) in [4.78, 5) is 52.0. The zero-order valence-corrected chi connectivity index (χ0v) is 19.8. The lowest BCUT2D eigenvalue weighted by molar-refractivity contribution is 0.0989. The van der Waals surface area contributed by atoms with Crippen molar-refractivity contribution in [2.24, 2.45) is 0 Å². The van der Waals surface area contributed by atoms with Gasteiger partial charge in [0.2, 0.25) is 5.56 Å². The lowest BCUT2D eigenvalue weighted by Crippen LogP contribution is -2.38. The Bertz CT molecular complexity index is 1610. The van der Waals surface area contributed by atoms with Crippen LogP contribution >= 0.6 is 0 Å². The second-order valence-corrected chi connectivity index (χ2v) is 9.38. The molecule has 1 aromatic carbocycles. The van der Waals surface area contributed by atoms with E-state index in [2.05, 4.69) is 15.0 Å². The van der Waals surface area contributed by atoms with E-state index in [1.807, 2.05) is 17.0 Å². The van der Waals surface area contributed by atoms with E-state index in [0.29, 0.717) is 67.2 Å². The lowest BCUT2D eigenvalue weighted by atomic mass is 10.0. The molecule has 36 heavy (non-hydrogen) atoms. The minimum absolute atomic E-state index is 0.00738. The number of fused-ring (bicyclic) bond motifs is 2. The molecule has 0 unspecified atom stereocenters. The van der Waals surface area contributed by atoms with Crippen molar-refractivity contribution in [1.82, 2.24) is 19.5 Å². The fraction of sp³-hybridized carbons (Fsp3) is 0.308. The second kappa shape index (κ2) is 8.47. The molecule has 4 aromatic rings. The molecule has 2 N–H and O–H groups in total. The molecule has 1 saturated heterocycles. The third-order valence-electron chi connectivity index (χ3n) is 7.37. The smallest absolute Gasteiger partial charge is 0.327 e. The molecule has 2 aliphatic heterocycles. The average molecular weight is 489 g/mol. The van der Waals surface area contributed by atoms with Crippen LogP contribution in [0.25, 0.3) is 11.2 Å². The summed E-state index contributed by atoms with van der Waals surface area (Å²) in [6.07, 6.45) is 3.63. The molecule has 184 valence electrons. The van der Waals surface area contributed by atoms with Gasteiger partial charge in [-0.2, -0.15) is 0 Å². The normalized spacial score (nSPS) is 16.1. The van der Waals surface area contributed by atoms with Gasteiger partial charge in [-0.05, 0) is 67.6 Å². The Morgan fingerprint density at radius 3 is 2.69 bits per heavy atom. The van der Waals surface area contributed by atoms with Crippen LogP contribution in [0, 0.1) is 12.7 Å². The molecule has 0 bridgehead atoms. The van der Waals surface area contributed by atoms with Gasteiger partial charge in [-0.15, -0.1) is 0 Å². The summed E-state index contributed by atoms with van der Waals surface area (Å²) in [6.45, 7) is 3.39. The highest BCUT2D eigenvalue weighted by atomic mass is 19.1. The summed E-state index contributed by atoms with van der Waals surface area (Å²) >= 11 is 0. The Hall–Kier alpha value is -4.21. The quantitative estimate of drug-likeness (QED) is 0.461. The maximum atomic E-state index is 14.0. The summed E-state index contributed by atoms with van der Waals surface area (Å²) in [5.74, 6) is 0.0165. The number of halogens is 1. The van der Waals surface area contributed by atoms with E-state index in [1.54, 1.807) is 34.7 Å². The number of aromatic nitrogens is 4. The maximum absolute atomic E-state index is 14.0. The van der Waals surface area contributed by atoms with Crippen LogP contribution in [0.5, 0.6) is 0 Å². The fourth-order valence-corrected chi connectivity index (χ4v) is 5.50. The van der Waals surface area contributed by atoms with E-state index in [0.717, 1.165) is 11.1 Å². The number of piperidine rings is 1. The molecule has 0 saturated carbocycles. The Morgan fingerprint density at radius 2 is 1.89 bits per heavy atom. The molecule has 0 radical (unpaired) electrons. The first-order valence-corrected chi connectivity index (χ1v) is 12.0. The number of amides is 1. The molecule has 1 amide bonds. The first kappa shape index (κ1) is 22.3. The van der Waals surface area contributed by atoms with Gasteiger partial charge in [-0.1, -0.05) is 0 Å². The van der Waals surface area contributed by atoms with Crippen LogP contribution in [0.4, 0.5) is 15.9 Å². The number of nitrogens with zero attached hydrogens (tertiary/aromatic N) is 4. The first-order chi connectivity index (χ1) is 17.4. The van der Waals surface area contributed by atoms with Crippen LogP contribution in [0.15, 0.2) is 52.2 Å². The molecule has 0 aliphatic carbocycles. The van der Waals surface area contributed by atoms with Crippen LogP contribution in [0.1, 0.15) is 40.4 Å². The van der Waals surface area contributed by atoms with Crippen molar-refractivity contribution in [1.29, 1.82) is 0 Å². The number of benzene rings is 1. The fourth-order valence-electron chi connectivity index (χ4n) is 5.50. The number of nitrogens with one attached hydrogen (secondary N) is 2. The summed E-state index contributed by atoms with van der Waals surface area (Å²) in [6, 6.07) is 9.72. The van der Waals surface area contributed by atoms with Gasteiger partial charge in [0.05, 0.1) is 5.52 Å². The Kier molecular flexibility index (Phi) is 5.24. The largest absolute Gasteiger partial charge is 0.358 e. The monoisotopic (exact) mass is 488 g/mol. The van der Waals surface area contributed by atoms with Gasteiger partial charge >= 0.3 is 5.69 Å². The predicted molar refractivity (Wildman–Crippen MR) is 134 cm³/mol. The second-order valence-electron chi connectivity index (χ2n) is 9.38. The van der Waals surface area contributed by atoms with E-state index >= 15 is 0 Å². The van der Waals surface area contributed by atoms with Crippen LogP contribution in [0.3, 0.4) is 0 Å². The topological polar surface area (TPSA) is 107 Å². The third-order valence-corrected chi connectivity index (χ3v) is 7.37. The van der Waals surface area contributed by atoms with Gasteiger partial charge in [0.1, 0.15) is 11.6 Å². The number of rotatable bonds is 3. The SMILES string of the molecule is Cc1c(F)ccc2c1CCN2C(=O)c1cc(N2CCC(n3c(=O)[nH]c4ncccc43)CC2)[nH]c(=O)c1. The van der Waals surface area contributed by atoms with Crippen LogP contribution in [-0.2, 0) is 6.42 Å². The number of carbonyl (C=O) groups excluding carboxylic acids is 1. The molecular formula is C26H25FN6O3. The maximum Gasteiger partial charge on any atom is 0.327 e. The van der Waals surface area contributed by atoms with E-state index in [9.17, 15) is 18.8 Å². The minimum atomic E-state index is -0.355. The zero-order chi connectivity index (χ0) is 25.0. The van der Waals surface area contributed by atoms with Gasteiger partial charge in [0.25, 0.3) is 5.91 Å². The summed E-state index contributed by atoms with van der Waals surface area (Å²) in [5, 5.41) is 0. The number of aromatic amines is 2. The highest BCUT2D eigenvalue weighted by molar-refractivity contribution is 6.07. The van der Waals surface area contributed by atoms with Crippen LogP contribution < -0.4 is 21.0 Å². The first-order valence-electron chi connectivity index (χ1n) is 12.0. The molecule has 0 spiro atoms. The van der Waals surface area contributed by atoms with Crippen molar-refractivity contribution in [2.75, 3.05) is 29.4 Å². The lowest BCUT2D eigenvalue weighted by Gasteiger charge is -2.33. The molecular weight excluding hydrogens is 463 g/mol. The number of anilines is 2. The van der Waals surface area contributed by atoms with Crippen LogP contribution in [-0.4, -0.2) is 45.1 Å². The standard InChI is InChI=1S/C26H25FN6O3/c1-15-18-8-12-32(20(18)5-4-19(15)27)25(35)16-13-22(29-23(34)14-16)31-10-6-17(7-11-31)33-21-3-2-9-28-24(21)30-26(33)36/h2-5,9,13-14,17H,6-8,10-12H2,1H3,(H,29,34)(H,28,30,36). The summed E-state index contributed by atoms with van der Waals surface area (Å²) in [7, 11) is 0. The predicted octanol–water partition coefficient (Wildman–Crippen LogP) is 2.90. The summed E-state index contributed by atoms with van der Waals surface area (Å²) < 4.78 is 15.7. The van der Waals surface area contributed by atoms with E-state index in [4.69, 9.17) is 0 Å². The van der Waals surface area contributed by atoms with Crippen molar-refractivity contribution in [2.45, 2.75) is 32.2 Å². The van der Waals surface area contributed by atoms with Crippen molar-refractivity contribution in [3.63, 3.8) is 0 Å². The highest BCUT2D eigenvalue weighted by Crippen LogP contribution is 2.33. The van der Waals surface area contributed by atoms with E-state index in [1.165, 1.54) is 12.1 Å². The van der Waals surface area contributed by atoms with E-state index < -0.39 is 0 Å². The molecule has 2 aliphatic rings. The van der Waals surface area contributed by atoms with Crippen molar-refractivity contribution in [3.05, 3.63) is 85.9 Å². The van der Waals surface area contributed by atoms with Gasteiger partial charge in [-0.3, -0.25) is 19.1 Å². The molecule has 5 heterocycles. The number of carbonyl (C=O) groups is 1. The number of pyridine rings is 2. The van der Waals surface area contributed by atoms with Gasteiger partial charge in [0.15, 0.2) is 5.65 Å². The molecule has 3 aromatic heterocycles. The third kappa shape index (κ3) is 3.60. The molecule has 6 rings (SSSR count). The number of hydrogen-bond acceptors (Lipinski definition) is 5. The van der Waals surface area contributed by atoms with Gasteiger partial charge in [0, 0.05) is 49.2 Å². The molecule has 1 fully saturated rings. The highest BCUT2D eigenvalue weighted by Gasteiger charge is 2.29. The average Bonchev–Trinajstić information content (AvgIpc) is 3.46. The number of imidazole rings is 1. The van der Waals surface area contributed by atoms with Crippen molar-refractivity contribution >= 4 is 28.6 Å². The zero-order valence-electron chi connectivity index (χ0n) is 19.8. The van der Waals surface area contributed by atoms with Crippen molar-refractivity contribution in [3.8, 4) is 0 Å². The number of H-pyrrole nitrogens is 2. The molecule has 10 heteroatoms. The van der Waals surface area contributed by atoms with Gasteiger partial charge in [-0.25, -0.2) is 14.2 Å². The van der Waals surface area contributed by atoms with Crippen molar-refractivity contribution < 1.29 is 9.18 Å². The molecule has 0 atom stereocenters. The Balaban J connectivity index is 1.23.